The number of aromatic amines is 1. The Bertz CT molecular complexity index is 709. The fourth-order valence-electron chi connectivity index (χ4n) is 2.66. The largest absolute Gasteiger partial charge is 0.356 e. The normalized spacial score (nSPS) is 16.0. The summed E-state index contributed by atoms with van der Waals surface area (Å²) in [5.41, 5.74) is 1.10. The molecule has 0 saturated carbocycles. The van der Waals surface area contributed by atoms with Crippen LogP contribution in [0, 0.1) is 0 Å². The summed E-state index contributed by atoms with van der Waals surface area (Å²) in [4.78, 5) is 18.8. The van der Waals surface area contributed by atoms with Crippen molar-refractivity contribution < 1.29 is 0 Å². The van der Waals surface area contributed by atoms with Crippen molar-refractivity contribution in [3.8, 4) is 0 Å². The minimum atomic E-state index is -0.0595. The van der Waals surface area contributed by atoms with E-state index >= 15 is 0 Å². The number of rotatable bonds is 3. The number of hydrogen-bond donors (Lipinski definition) is 1. The number of halogens is 2. The van der Waals surface area contributed by atoms with Gasteiger partial charge < -0.3 is 9.88 Å². The third-order valence-corrected chi connectivity index (χ3v) is 4.60. The number of anilines is 1. The Morgan fingerprint density at radius 2 is 1.77 bits per heavy atom. The first-order valence-electron chi connectivity index (χ1n) is 7.22. The summed E-state index contributed by atoms with van der Waals surface area (Å²) in [7, 11) is 0. The maximum absolute atomic E-state index is 11.4. The quantitative estimate of drug-likeness (QED) is 0.935. The van der Waals surface area contributed by atoms with Crippen LogP contribution in [-0.2, 0) is 6.54 Å². The summed E-state index contributed by atoms with van der Waals surface area (Å²) in [6.45, 7) is 4.52. The minimum Gasteiger partial charge on any atom is -0.356 e. The highest BCUT2D eigenvalue weighted by Crippen LogP contribution is 2.23. The number of piperazine rings is 1. The number of H-pyrrole nitrogens is 1. The van der Waals surface area contributed by atoms with Gasteiger partial charge in [0.15, 0.2) is 0 Å². The molecule has 0 radical (unpaired) electrons. The molecule has 1 fully saturated rings. The Balaban J connectivity index is 1.59. The second kappa shape index (κ2) is 6.73. The van der Waals surface area contributed by atoms with Crippen molar-refractivity contribution in [2.75, 3.05) is 31.1 Å². The number of nitrogens with zero attached hydrogens (tertiary/aromatic N) is 2. The van der Waals surface area contributed by atoms with Crippen molar-refractivity contribution in [3.63, 3.8) is 0 Å². The molecule has 0 spiro atoms. The number of nitrogens with one attached hydrogen (secondary N) is 1. The van der Waals surface area contributed by atoms with Crippen molar-refractivity contribution in [2.24, 2.45) is 0 Å². The Morgan fingerprint density at radius 3 is 2.45 bits per heavy atom. The zero-order valence-electron chi connectivity index (χ0n) is 12.1. The third kappa shape index (κ3) is 3.64. The lowest BCUT2D eigenvalue weighted by Gasteiger charge is -2.35. The molecule has 0 atom stereocenters. The molecule has 0 unspecified atom stereocenters. The van der Waals surface area contributed by atoms with Crippen LogP contribution in [-0.4, -0.2) is 36.1 Å². The zero-order chi connectivity index (χ0) is 15.5. The number of hydrogen-bond acceptors (Lipinski definition) is 3. The van der Waals surface area contributed by atoms with Crippen LogP contribution < -0.4 is 10.5 Å². The highest BCUT2D eigenvalue weighted by atomic mass is 35.5. The van der Waals surface area contributed by atoms with Gasteiger partial charge in [-0.25, -0.2) is 0 Å². The van der Waals surface area contributed by atoms with Crippen LogP contribution in [0.4, 0.5) is 5.82 Å². The number of pyridine rings is 1. The molecule has 1 aliphatic rings. The summed E-state index contributed by atoms with van der Waals surface area (Å²) in [6.07, 6.45) is 0. The average molecular weight is 338 g/mol. The summed E-state index contributed by atoms with van der Waals surface area (Å²) in [5, 5.41) is 1.18. The highest BCUT2D eigenvalue weighted by molar-refractivity contribution is 6.42. The predicted molar refractivity (Wildman–Crippen MR) is 91.0 cm³/mol. The smallest absolute Gasteiger partial charge is 0.249 e. The van der Waals surface area contributed by atoms with Crippen LogP contribution in [0.3, 0.4) is 0 Å². The van der Waals surface area contributed by atoms with Crippen LogP contribution in [0.15, 0.2) is 41.2 Å². The van der Waals surface area contributed by atoms with Gasteiger partial charge in [-0.15, -0.1) is 0 Å². The molecule has 22 heavy (non-hydrogen) atoms. The van der Waals surface area contributed by atoms with Gasteiger partial charge in [0.05, 0.1) is 10.0 Å². The summed E-state index contributed by atoms with van der Waals surface area (Å²) in [5.74, 6) is 0.890. The number of aromatic nitrogens is 1. The van der Waals surface area contributed by atoms with Crippen LogP contribution in [0.25, 0.3) is 0 Å². The van der Waals surface area contributed by atoms with Gasteiger partial charge in [0.25, 0.3) is 0 Å². The van der Waals surface area contributed by atoms with E-state index in [4.69, 9.17) is 23.2 Å². The third-order valence-electron chi connectivity index (χ3n) is 3.86. The number of benzene rings is 1. The molecule has 1 aromatic carbocycles. The maximum Gasteiger partial charge on any atom is 0.249 e. The van der Waals surface area contributed by atoms with E-state index in [0.29, 0.717) is 10.0 Å². The fraction of sp³-hybridized carbons (Fsp3) is 0.312. The Labute approximate surface area is 139 Å². The van der Waals surface area contributed by atoms with Crippen molar-refractivity contribution >= 4 is 29.0 Å². The molecular weight excluding hydrogens is 321 g/mol. The molecule has 1 aliphatic heterocycles. The zero-order valence-corrected chi connectivity index (χ0v) is 13.6. The maximum atomic E-state index is 11.4. The molecule has 4 nitrogen and oxygen atoms in total. The lowest BCUT2D eigenvalue weighted by atomic mass is 10.2. The van der Waals surface area contributed by atoms with Gasteiger partial charge in [-0.3, -0.25) is 9.69 Å². The molecule has 1 aromatic heterocycles. The van der Waals surface area contributed by atoms with Gasteiger partial charge in [0.1, 0.15) is 5.82 Å². The van der Waals surface area contributed by atoms with E-state index in [1.807, 2.05) is 24.3 Å². The molecule has 1 saturated heterocycles. The van der Waals surface area contributed by atoms with Crippen molar-refractivity contribution in [1.29, 1.82) is 0 Å². The van der Waals surface area contributed by atoms with E-state index in [2.05, 4.69) is 14.8 Å². The van der Waals surface area contributed by atoms with Crippen molar-refractivity contribution in [2.45, 2.75) is 6.54 Å². The van der Waals surface area contributed by atoms with E-state index < -0.39 is 0 Å². The van der Waals surface area contributed by atoms with Crippen LogP contribution in [0.5, 0.6) is 0 Å². The van der Waals surface area contributed by atoms with Crippen molar-refractivity contribution in [1.82, 2.24) is 9.88 Å². The average Bonchev–Trinajstić information content (AvgIpc) is 2.52. The molecular formula is C16H17Cl2N3O. The first-order chi connectivity index (χ1) is 10.6. The Morgan fingerprint density at radius 1 is 1.00 bits per heavy atom. The molecule has 2 heterocycles. The molecule has 1 N–H and O–H groups in total. The van der Waals surface area contributed by atoms with Crippen LogP contribution in [0.1, 0.15) is 5.56 Å². The van der Waals surface area contributed by atoms with Gasteiger partial charge in [-0.05, 0) is 23.8 Å². The standard InChI is InChI=1S/C16H17Cl2N3O/c17-13-5-4-12(10-14(13)18)11-20-6-8-21(9-7-20)15-2-1-3-16(22)19-15/h1-5,10H,6-9,11H2,(H,19,22). The molecule has 0 bridgehead atoms. The van der Waals surface area contributed by atoms with Gasteiger partial charge >= 0.3 is 0 Å². The molecule has 0 amide bonds. The molecule has 0 aliphatic carbocycles. The summed E-state index contributed by atoms with van der Waals surface area (Å²) >= 11 is 12.0. The molecule has 3 rings (SSSR count). The monoisotopic (exact) mass is 337 g/mol. The summed E-state index contributed by atoms with van der Waals surface area (Å²) in [6, 6.07) is 11.0. The van der Waals surface area contributed by atoms with Crippen LogP contribution in [0.2, 0.25) is 10.0 Å². The topological polar surface area (TPSA) is 39.3 Å². The van der Waals surface area contributed by atoms with Gasteiger partial charge in [0.2, 0.25) is 5.56 Å². The van der Waals surface area contributed by atoms with E-state index in [0.717, 1.165) is 44.1 Å². The van der Waals surface area contributed by atoms with E-state index in [-0.39, 0.29) is 5.56 Å². The van der Waals surface area contributed by atoms with Gasteiger partial charge in [-0.2, -0.15) is 0 Å². The lowest BCUT2D eigenvalue weighted by Crippen LogP contribution is -2.46. The first-order valence-corrected chi connectivity index (χ1v) is 7.98. The van der Waals surface area contributed by atoms with E-state index in [1.165, 1.54) is 6.07 Å². The lowest BCUT2D eigenvalue weighted by molar-refractivity contribution is 0.249. The molecule has 6 heteroatoms. The highest BCUT2D eigenvalue weighted by Gasteiger charge is 2.18. The second-order valence-corrected chi connectivity index (χ2v) is 6.23. The van der Waals surface area contributed by atoms with Crippen LogP contribution >= 0.6 is 23.2 Å². The van der Waals surface area contributed by atoms with E-state index in [9.17, 15) is 4.79 Å². The molecule has 2 aromatic rings. The molecule has 116 valence electrons. The first kappa shape index (κ1) is 15.4. The van der Waals surface area contributed by atoms with Gasteiger partial charge in [-0.1, -0.05) is 35.3 Å². The second-order valence-electron chi connectivity index (χ2n) is 5.41. The van der Waals surface area contributed by atoms with Crippen molar-refractivity contribution in [3.05, 3.63) is 62.4 Å². The Hall–Kier alpha value is -1.49. The predicted octanol–water partition coefficient (Wildman–Crippen LogP) is 3.00. The Kier molecular flexibility index (Phi) is 4.71. The fourth-order valence-corrected chi connectivity index (χ4v) is 2.98. The SMILES string of the molecule is O=c1cccc(N2CCN(Cc3ccc(Cl)c(Cl)c3)CC2)[nH]1. The minimum absolute atomic E-state index is 0.0595. The van der Waals surface area contributed by atoms with E-state index in [1.54, 1.807) is 6.07 Å². The van der Waals surface area contributed by atoms with Gasteiger partial charge in [0, 0.05) is 38.8 Å². The summed E-state index contributed by atoms with van der Waals surface area (Å²) < 4.78 is 0.